The van der Waals surface area contributed by atoms with Crippen molar-refractivity contribution in [1.29, 1.82) is 0 Å². The molecular formula is C12H16FNO2S. The van der Waals surface area contributed by atoms with Crippen LogP contribution in [0.5, 0.6) is 0 Å². The minimum absolute atomic E-state index is 0.130. The van der Waals surface area contributed by atoms with Gasteiger partial charge in [0, 0.05) is 12.6 Å². The monoisotopic (exact) mass is 257 g/mol. The second-order valence-corrected chi connectivity index (χ2v) is 5.26. The van der Waals surface area contributed by atoms with Crippen molar-refractivity contribution < 1.29 is 13.2 Å². The molecule has 0 aliphatic heterocycles. The number of nitrogens with one attached hydrogen (secondary N) is 1. The molecule has 0 fully saturated rings. The smallest absolute Gasteiger partial charge is 0.155 e. The molecule has 0 saturated carbocycles. The van der Waals surface area contributed by atoms with Gasteiger partial charge in [0.1, 0.15) is 6.17 Å². The van der Waals surface area contributed by atoms with Crippen molar-refractivity contribution in [2.24, 2.45) is 0 Å². The fourth-order valence-corrected chi connectivity index (χ4v) is 2.68. The molecule has 94 valence electrons. The first-order valence-corrected chi connectivity index (χ1v) is 6.97. The maximum Gasteiger partial charge on any atom is 0.155 e. The van der Waals surface area contributed by atoms with E-state index in [1.165, 1.54) is 11.1 Å². The topological polar surface area (TPSA) is 49.3 Å². The summed E-state index contributed by atoms with van der Waals surface area (Å²) in [5.41, 5.74) is 2.54. The van der Waals surface area contributed by atoms with E-state index in [1.807, 2.05) is 12.1 Å². The van der Waals surface area contributed by atoms with Crippen molar-refractivity contribution in [3.63, 3.8) is 0 Å². The third-order valence-electron chi connectivity index (χ3n) is 3.04. The number of benzene rings is 1. The van der Waals surface area contributed by atoms with Crippen molar-refractivity contribution in [2.75, 3.05) is 12.3 Å². The summed E-state index contributed by atoms with van der Waals surface area (Å²) in [6.45, 7) is 0.130. The van der Waals surface area contributed by atoms with Crippen LogP contribution in [0.2, 0.25) is 0 Å². The summed E-state index contributed by atoms with van der Waals surface area (Å²) in [6, 6.07) is 8.31. The van der Waals surface area contributed by atoms with Crippen LogP contribution in [0.1, 0.15) is 23.6 Å². The predicted molar refractivity (Wildman–Crippen MR) is 66.0 cm³/mol. The molecule has 3 atom stereocenters. The van der Waals surface area contributed by atoms with Gasteiger partial charge in [-0.2, -0.15) is 0 Å². The van der Waals surface area contributed by atoms with E-state index in [0.29, 0.717) is 0 Å². The van der Waals surface area contributed by atoms with Crippen LogP contribution in [0.4, 0.5) is 4.39 Å². The highest BCUT2D eigenvalue weighted by atomic mass is 32.2. The Balaban J connectivity index is 1.87. The molecule has 0 spiro atoms. The van der Waals surface area contributed by atoms with Gasteiger partial charge in [0.15, 0.2) is 11.1 Å². The van der Waals surface area contributed by atoms with Gasteiger partial charge in [-0.05, 0) is 24.0 Å². The SMILES string of the molecule is O=S(O)CC(F)CNC1CCc2ccccc21. The van der Waals surface area contributed by atoms with E-state index in [0.717, 1.165) is 12.8 Å². The zero-order chi connectivity index (χ0) is 12.3. The van der Waals surface area contributed by atoms with Gasteiger partial charge in [-0.1, -0.05) is 24.3 Å². The maximum atomic E-state index is 13.3. The van der Waals surface area contributed by atoms with E-state index in [1.54, 1.807) is 0 Å². The second-order valence-electron chi connectivity index (χ2n) is 4.28. The summed E-state index contributed by atoms with van der Waals surface area (Å²) in [5, 5.41) is 3.12. The molecule has 1 aromatic rings. The number of hydrogen-bond acceptors (Lipinski definition) is 2. The quantitative estimate of drug-likeness (QED) is 0.791. The predicted octanol–water partition coefficient (Wildman–Crippen LogP) is 1.82. The van der Waals surface area contributed by atoms with Gasteiger partial charge in [-0.25, -0.2) is 8.60 Å². The third kappa shape index (κ3) is 3.34. The number of hydrogen-bond donors (Lipinski definition) is 2. The number of halogens is 1. The lowest BCUT2D eigenvalue weighted by atomic mass is 10.1. The normalized spacial score (nSPS) is 22.1. The van der Waals surface area contributed by atoms with Crippen molar-refractivity contribution in [2.45, 2.75) is 25.1 Å². The standard InChI is InChI=1S/C12H16FNO2S/c13-10(8-17(15)16)7-14-12-6-5-9-3-1-2-4-11(9)12/h1-4,10,12,14H,5-8H2,(H,15,16). The van der Waals surface area contributed by atoms with Gasteiger partial charge in [0.2, 0.25) is 0 Å². The highest BCUT2D eigenvalue weighted by Crippen LogP contribution is 2.30. The molecule has 0 saturated heterocycles. The molecule has 2 rings (SSSR count). The Morgan fingerprint density at radius 2 is 2.29 bits per heavy atom. The van der Waals surface area contributed by atoms with Crippen molar-refractivity contribution in [3.8, 4) is 0 Å². The van der Waals surface area contributed by atoms with Crippen LogP contribution in [0.3, 0.4) is 0 Å². The fraction of sp³-hybridized carbons (Fsp3) is 0.500. The Kier molecular flexibility index (Phi) is 4.25. The summed E-state index contributed by atoms with van der Waals surface area (Å²) in [7, 11) is 0. The zero-order valence-corrected chi connectivity index (χ0v) is 10.3. The van der Waals surface area contributed by atoms with Crippen molar-refractivity contribution in [3.05, 3.63) is 35.4 Å². The fourth-order valence-electron chi connectivity index (χ4n) is 2.25. The number of rotatable bonds is 5. The largest absolute Gasteiger partial charge is 0.307 e. The van der Waals surface area contributed by atoms with E-state index < -0.39 is 17.3 Å². The van der Waals surface area contributed by atoms with Gasteiger partial charge < -0.3 is 9.87 Å². The summed E-state index contributed by atoms with van der Waals surface area (Å²) < 4.78 is 32.3. The molecule has 0 bridgehead atoms. The molecule has 0 radical (unpaired) electrons. The molecule has 3 unspecified atom stereocenters. The molecule has 1 aromatic carbocycles. The molecule has 1 aliphatic carbocycles. The second kappa shape index (κ2) is 5.71. The maximum absolute atomic E-state index is 13.3. The first-order chi connectivity index (χ1) is 8.16. The summed E-state index contributed by atoms with van der Waals surface area (Å²) in [5.74, 6) is -0.318. The van der Waals surface area contributed by atoms with Crippen LogP contribution < -0.4 is 5.32 Å². The van der Waals surface area contributed by atoms with Crippen LogP contribution in [0.15, 0.2) is 24.3 Å². The molecular weight excluding hydrogens is 241 g/mol. The molecule has 0 aromatic heterocycles. The first kappa shape index (κ1) is 12.7. The van der Waals surface area contributed by atoms with Crippen molar-refractivity contribution in [1.82, 2.24) is 5.32 Å². The summed E-state index contributed by atoms with van der Waals surface area (Å²) in [6.07, 6.45) is 0.707. The third-order valence-corrected chi connectivity index (χ3v) is 3.69. The Labute approximate surface area is 103 Å². The molecule has 3 nitrogen and oxygen atoms in total. The van der Waals surface area contributed by atoms with Gasteiger partial charge in [0.25, 0.3) is 0 Å². The average molecular weight is 257 g/mol. The highest BCUT2D eigenvalue weighted by molar-refractivity contribution is 7.79. The van der Waals surface area contributed by atoms with Crippen molar-refractivity contribution >= 4 is 11.1 Å². The van der Waals surface area contributed by atoms with Gasteiger partial charge >= 0.3 is 0 Å². The Morgan fingerprint density at radius 1 is 1.53 bits per heavy atom. The summed E-state index contributed by atoms with van der Waals surface area (Å²) in [4.78, 5) is 0. The zero-order valence-electron chi connectivity index (χ0n) is 9.43. The molecule has 0 heterocycles. The highest BCUT2D eigenvalue weighted by Gasteiger charge is 2.22. The Hall–Kier alpha value is -0.780. The van der Waals surface area contributed by atoms with Crippen LogP contribution in [0.25, 0.3) is 0 Å². The number of fused-ring (bicyclic) bond motifs is 1. The van der Waals surface area contributed by atoms with E-state index in [9.17, 15) is 8.60 Å². The van der Waals surface area contributed by atoms with Gasteiger partial charge in [0.05, 0.1) is 5.75 Å². The minimum atomic E-state index is -2.06. The molecule has 2 N–H and O–H groups in total. The van der Waals surface area contributed by atoms with E-state index in [-0.39, 0.29) is 18.3 Å². The lowest BCUT2D eigenvalue weighted by molar-refractivity contribution is 0.329. The molecule has 0 amide bonds. The van der Waals surface area contributed by atoms with E-state index >= 15 is 0 Å². The average Bonchev–Trinajstić information content (AvgIpc) is 2.69. The lowest BCUT2D eigenvalue weighted by Crippen LogP contribution is -2.30. The first-order valence-electron chi connectivity index (χ1n) is 5.69. The van der Waals surface area contributed by atoms with Crippen LogP contribution in [-0.2, 0) is 17.5 Å². The lowest BCUT2D eigenvalue weighted by Gasteiger charge is -2.15. The van der Waals surface area contributed by atoms with Crippen LogP contribution in [0, 0.1) is 0 Å². The van der Waals surface area contributed by atoms with Crippen LogP contribution in [-0.4, -0.2) is 27.2 Å². The Bertz CT molecular complexity index is 413. The minimum Gasteiger partial charge on any atom is -0.307 e. The van der Waals surface area contributed by atoms with Crippen LogP contribution >= 0.6 is 0 Å². The Morgan fingerprint density at radius 3 is 3.06 bits per heavy atom. The van der Waals surface area contributed by atoms with Gasteiger partial charge in [-0.3, -0.25) is 0 Å². The summed E-state index contributed by atoms with van der Waals surface area (Å²) >= 11 is -2.06. The number of alkyl halides is 1. The van der Waals surface area contributed by atoms with E-state index in [4.69, 9.17) is 4.55 Å². The molecule has 17 heavy (non-hydrogen) atoms. The number of aryl methyl sites for hydroxylation is 1. The molecule has 5 heteroatoms. The van der Waals surface area contributed by atoms with Gasteiger partial charge in [-0.15, -0.1) is 0 Å². The van der Waals surface area contributed by atoms with E-state index in [2.05, 4.69) is 17.4 Å². The molecule has 1 aliphatic rings.